The third-order valence-electron chi connectivity index (χ3n) is 4.17. The second kappa shape index (κ2) is 6.54. The third kappa shape index (κ3) is 3.93. The molecule has 114 valence electrons. The van der Waals surface area contributed by atoms with Crippen LogP contribution in [0.5, 0.6) is 0 Å². The Kier molecular flexibility index (Phi) is 4.99. The van der Waals surface area contributed by atoms with Gasteiger partial charge in [0.1, 0.15) is 0 Å². The van der Waals surface area contributed by atoms with Gasteiger partial charge in [-0.2, -0.15) is 0 Å². The van der Waals surface area contributed by atoms with Gasteiger partial charge in [-0.05, 0) is 31.6 Å². The van der Waals surface area contributed by atoms with Gasteiger partial charge in [-0.3, -0.25) is 15.0 Å². The molecule has 2 saturated heterocycles. The van der Waals surface area contributed by atoms with Gasteiger partial charge in [-0.1, -0.05) is 13.8 Å². The second-order valence-electron chi connectivity index (χ2n) is 6.44. The van der Waals surface area contributed by atoms with Gasteiger partial charge >= 0.3 is 6.03 Å². The van der Waals surface area contributed by atoms with Crippen molar-refractivity contribution in [2.45, 2.75) is 57.7 Å². The Morgan fingerprint density at radius 2 is 1.85 bits per heavy atom. The van der Waals surface area contributed by atoms with E-state index >= 15 is 0 Å². The Labute approximate surface area is 120 Å². The zero-order valence-electron chi connectivity index (χ0n) is 12.4. The molecule has 2 atom stereocenters. The molecule has 2 bridgehead atoms. The Balaban J connectivity index is 1.76. The smallest absolute Gasteiger partial charge is 0.321 e. The number of urea groups is 1. The number of amides is 3. The van der Waals surface area contributed by atoms with Gasteiger partial charge in [0.25, 0.3) is 0 Å². The van der Waals surface area contributed by atoms with E-state index in [9.17, 15) is 9.59 Å². The van der Waals surface area contributed by atoms with Crippen LogP contribution in [-0.4, -0.2) is 48.1 Å². The minimum atomic E-state index is -0.398. The Morgan fingerprint density at radius 3 is 2.40 bits per heavy atom. The maximum absolute atomic E-state index is 11.9. The van der Waals surface area contributed by atoms with Gasteiger partial charge in [0, 0.05) is 24.7 Å². The lowest BCUT2D eigenvalue weighted by atomic mass is 9.98. The average molecular weight is 282 g/mol. The first-order valence-electron chi connectivity index (χ1n) is 7.54. The highest BCUT2D eigenvalue weighted by molar-refractivity contribution is 5.95. The number of nitrogens with zero attached hydrogens (tertiary/aromatic N) is 1. The Hall–Kier alpha value is -1.14. The molecule has 2 fully saturated rings. The molecule has 0 saturated carbocycles. The minimum absolute atomic E-state index is 0.223. The quantitative estimate of drug-likeness (QED) is 0.697. The lowest BCUT2D eigenvalue weighted by Gasteiger charge is -2.37. The van der Waals surface area contributed by atoms with E-state index in [0.717, 1.165) is 25.7 Å². The molecule has 0 aromatic rings. The molecule has 2 aliphatic rings. The molecule has 3 amide bonds. The molecule has 4 N–H and O–H groups in total. The highest BCUT2D eigenvalue weighted by atomic mass is 16.2. The van der Waals surface area contributed by atoms with Crippen LogP contribution in [0.1, 0.15) is 39.5 Å². The van der Waals surface area contributed by atoms with Crippen LogP contribution in [0, 0.1) is 5.92 Å². The van der Waals surface area contributed by atoms with Crippen LogP contribution in [-0.2, 0) is 4.79 Å². The molecule has 2 unspecified atom stereocenters. The highest BCUT2D eigenvalue weighted by Crippen LogP contribution is 2.34. The first-order chi connectivity index (χ1) is 9.45. The number of imide groups is 1. The Morgan fingerprint density at radius 1 is 1.25 bits per heavy atom. The normalized spacial score (nSPS) is 29.5. The molecule has 0 spiro atoms. The van der Waals surface area contributed by atoms with Gasteiger partial charge in [0.05, 0.1) is 6.54 Å². The zero-order chi connectivity index (χ0) is 14.7. The fourth-order valence-electron chi connectivity index (χ4n) is 3.25. The maximum atomic E-state index is 11.9. The van der Waals surface area contributed by atoms with Gasteiger partial charge in [0.2, 0.25) is 5.91 Å². The van der Waals surface area contributed by atoms with Gasteiger partial charge in [0.15, 0.2) is 0 Å². The fraction of sp³-hybridized carbons (Fsp3) is 0.857. The van der Waals surface area contributed by atoms with Crippen LogP contribution in [0.2, 0.25) is 0 Å². The van der Waals surface area contributed by atoms with Crippen molar-refractivity contribution in [1.82, 2.24) is 15.5 Å². The summed E-state index contributed by atoms with van der Waals surface area (Å²) in [6.07, 6.45) is 4.16. The van der Waals surface area contributed by atoms with Crippen molar-refractivity contribution in [3.05, 3.63) is 0 Å². The number of nitrogens with two attached hydrogens (primary N) is 1. The summed E-state index contributed by atoms with van der Waals surface area (Å²) in [5.41, 5.74) is 6.01. The van der Waals surface area contributed by atoms with Crippen molar-refractivity contribution in [2.75, 3.05) is 13.1 Å². The predicted octanol–water partition coefficient (Wildman–Crippen LogP) is 0.422. The number of hydrogen-bond acceptors (Lipinski definition) is 4. The van der Waals surface area contributed by atoms with Crippen LogP contribution in [0.4, 0.5) is 4.79 Å². The van der Waals surface area contributed by atoms with Crippen LogP contribution in [0.3, 0.4) is 0 Å². The summed E-state index contributed by atoms with van der Waals surface area (Å²) in [6.45, 7) is 4.90. The summed E-state index contributed by atoms with van der Waals surface area (Å²) >= 11 is 0. The molecular weight excluding hydrogens is 256 g/mol. The van der Waals surface area contributed by atoms with Crippen molar-refractivity contribution >= 4 is 11.9 Å². The summed E-state index contributed by atoms with van der Waals surface area (Å²) in [4.78, 5) is 25.7. The van der Waals surface area contributed by atoms with Crippen molar-refractivity contribution in [2.24, 2.45) is 11.7 Å². The predicted molar refractivity (Wildman–Crippen MR) is 77.1 cm³/mol. The molecule has 2 aliphatic heterocycles. The van der Waals surface area contributed by atoms with E-state index in [1.807, 2.05) is 13.8 Å². The van der Waals surface area contributed by atoms with E-state index in [2.05, 4.69) is 15.5 Å². The maximum Gasteiger partial charge on any atom is 0.321 e. The molecule has 6 nitrogen and oxygen atoms in total. The zero-order valence-corrected chi connectivity index (χ0v) is 12.4. The highest BCUT2D eigenvalue weighted by Gasteiger charge is 2.40. The second-order valence-corrected chi connectivity index (χ2v) is 6.44. The molecule has 0 aromatic heterocycles. The lowest BCUT2D eigenvalue weighted by molar-refractivity contribution is -0.122. The van der Waals surface area contributed by atoms with Crippen LogP contribution >= 0.6 is 0 Å². The number of carbonyl (C=O) groups is 2. The van der Waals surface area contributed by atoms with Gasteiger partial charge < -0.3 is 11.1 Å². The molecule has 2 rings (SSSR count). The summed E-state index contributed by atoms with van der Waals surface area (Å²) in [6, 6.07) is 0.687. The van der Waals surface area contributed by atoms with E-state index in [-0.39, 0.29) is 11.9 Å². The molecular formula is C14H26N4O2. The molecule has 0 aromatic carbocycles. The number of carbonyl (C=O) groups excluding carboxylic acids is 2. The standard InChI is InChI=1S/C14H26N4O2/c1-9(2)7-16-14(20)17-13(19)8-18-11-3-4-12(18)6-10(15)5-11/h9-12H,3-8,15H2,1-2H3,(H2,16,17,19,20). The number of fused-ring (bicyclic) bond motifs is 2. The summed E-state index contributed by atoms with van der Waals surface area (Å²) in [5, 5.41) is 5.09. The van der Waals surface area contributed by atoms with Crippen molar-refractivity contribution in [3.8, 4) is 0 Å². The molecule has 20 heavy (non-hydrogen) atoms. The number of rotatable bonds is 4. The van der Waals surface area contributed by atoms with E-state index in [1.54, 1.807) is 0 Å². The summed E-state index contributed by atoms with van der Waals surface area (Å²) < 4.78 is 0. The number of hydrogen-bond donors (Lipinski definition) is 3. The molecule has 0 aliphatic carbocycles. The van der Waals surface area contributed by atoms with Crippen LogP contribution in [0.15, 0.2) is 0 Å². The largest absolute Gasteiger partial charge is 0.338 e. The number of nitrogens with one attached hydrogen (secondary N) is 2. The molecule has 2 heterocycles. The Bertz CT molecular complexity index is 358. The SMILES string of the molecule is CC(C)CNC(=O)NC(=O)CN1C2CCC1CC(N)C2. The van der Waals surface area contributed by atoms with E-state index in [1.165, 1.54) is 0 Å². The van der Waals surface area contributed by atoms with E-state index in [4.69, 9.17) is 5.73 Å². The summed E-state index contributed by atoms with van der Waals surface area (Å²) in [7, 11) is 0. The van der Waals surface area contributed by atoms with Crippen molar-refractivity contribution in [3.63, 3.8) is 0 Å². The summed E-state index contributed by atoms with van der Waals surface area (Å²) in [5.74, 6) is 0.147. The van der Waals surface area contributed by atoms with E-state index in [0.29, 0.717) is 31.1 Å². The first kappa shape index (κ1) is 15.3. The minimum Gasteiger partial charge on any atom is -0.338 e. The third-order valence-corrected chi connectivity index (χ3v) is 4.17. The molecule has 0 radical (unpaired) electrons. The monoisotopic (exact) mass is 282 g/mol. The molecule has 6 heteroatoms. The van der Waals surface area contributed by atoms with Gasteiger partial charge in [-0.25, -0.2) is 4.79 Å². The fourth-order valence-corrected chi connectivity index (χ4v) is 3.25. The van der Waals surface area contributed by atoms with Gasteiger partial charge in [-0.15, -0.1) is 0 Å². The average Bonchev–Trinajstić information content (AvgIpc) is 2.59. The van der Waals surface area contributed by atoms with Crippen molar-refractivity contribution < 1.29 is 9.59 Å². The first-order valence-corrected chi connectivity index (χ1v) is 7.54. The van der Waals surface area contributed by atoms with Crippen LogP contribution in [0.25, 0.3) is 0 Å². The van der Waals surface area contributed by atoms with Crippen molar-refractivity contribution in [1.29, 1.82) is 0 Å². The van der Waals surface area contributed by atoms with E-state index < -0.39 is 6.03 Å². The van der Waals surface area contributed by atoms with Crippen LogP contribution < -0.4 is 16.4 Å². The lowest BCUT2D eigenvalue weighted by Crippen LogP contribution is -2.52. The topological polar surface area (TPSA) is 87.5 Å². The number of piperidine rings is 1.